The average molecular weight is 468 g/mol. The summed E-state index contributed by atoms with van der Waals surface area (Å²) in [6, 6.07) is 18.3. The Morgan fingerprint density at radius 3 is 2.36 bits per heavy atom. The van der Waals surface area contributed by atoms with Gasteiger partial charge in [-0.15, -0.1) is 0 Å². The van der Waals surface area contributed by atoms with Crippen molar-refractivity contribution in [2.24, 2.45) is 0 Å². The van der Waals surface area contributed by atoms with Gasteiger partial charge in [0.1, 0.15) is 0 Å². The van der Waals surface area contributed by atoms with Crippen LogP contribution in [0.1, 0.15) is 5.56 Å². The van der Waals surface area contributed by atoms with Crippen molar-refractivity contribution < 1.29 is 17.7 Å². The van der Waals surface area contributed by atoms with Crippen molar-refractivity contribution >= 4 is 22.4 Å². The summed E-state index contributed by atoms with van der Waals surface area (Å²) in [4.78, 5) is 17.4. The summed E-state index contributed by atoms with van der Waals surface area (Å²) in [5.74, 6) is 0.0748. The normalized spacial score (nSPS) is 11.8. The van der Waals surface area contributed by atoms with Gasteiger partial charge in [-0.25, -0.2) is 0 Å². The van der Waals surface area contributed by atoms with Crippen LogP contribution in [0.15, 0.2) is 88.3 Å². The number of benzene rings is 3. The zero-order valence-electron chi connectivity index (χ0n) is 16.7. The van der Waals surface area contributed by atoms with Crippen LogP contribution in [0.2, 0.25) is 5.02 Å². The summed E-state index contributed by atoms with van der Waals surface area (Å²) in [6.07, 6.45) is -2.93. The first-order valence-electron chi connectivity index (χ1n) is 9.73. The van der Waals surface area contributed by atoms with Crippen molar-refractivity contribution in [1.82, 2.24) is 14.7 Å². The quantitative estimate of drug-likeness (QED) is 0.309. The number of hydrogen-bond donors (Lipinski definition) is 0. The molecule has 5 aromatic rings. The van der Waals surface area contributed by atoms with Gasteiger partial charge in [0.15, 0.2) is 0 Å². The molecule has 2 aromatic heterocycles. The van der Waals surface area contributed by atoms with E-state index in [-0.39, 0.29) is 22.8 Å². The molecule has 0 atom stereocenters. The molecular formula is C24H13ClF3N3O2. The Hall–Kier alpha value is -3.91. The molecule has 0 amide bonds. The van der Waals surface area contributed by atoms with Gasteiger partial charge in [0.25, 0.3) is 11.4 Å². The Kier molecular flexibility index (Phi) is 5.02. The van der Waals surface area contributed by atoms with Crippen LogP contribution in [-0.2, 0) is 6.18 Å². The van der Waals surface area contributed by atoms with E-state index in [0.717, 1.165) is 12.1 Å². The molecule has 3 aromatic carbocycles. The van der Waals surface area contributed by atoms with E-state index in [2.05, 4.69) is 10.1 Å². The maximum Gasteiger partial charge on any atom is 0.416 e. The largest absolute Gasteiger partial charge is 0.416 e. The van der Waals surface area contributed by atoms with Gasteiger partial charge in [-0.2, -0.15) is 18.2 Å². The molecular weight excluding hydrogens is 455 g/mol. The first-order chi connectivity index (χ1) is 15.8. The zero-order valence-corrected chi connectivity index (χ0v) is 17.4. The molecule has 0 fully saturated rings. The first kappa shape index (κ1) is 21.0. The van der Waals surface area contributed by atoms with Gasteiger partial charge in [0.05, 0.1) is 11.1 Å². The molecule has 9 heteroatoms. The summed E-state index contributed by atoms with van der Waals surface area (Å²) in [6.45, 7) is 0. The van der Waals surface area contributed by atoms with Crippen LogP contribution in [0.4, 0.5) is 13.2 Å². The van der Waals surface area contributed by atoms with E-state index in [9.17, 15) is 18.0 Å². The lowest BCUT2D eigenvalue weighted by Crippen LogP contribution is -2.18. The molecule has 0 aliphatic carbocycles. The SMILES string of the molecule is O=c1c2ccccc2c(-c2nc(-c3cccc(C(F)(F)F)c3)no2)cn1-c1ccc(Cl)cc1. The minimum Gasteiger partial charge on any atom is -0.334 e. The molecule has 0 saturated carbocycles. The van der Waals surface area contributed by atoms with Crippen molar-refractivity contribution in [2.75, 3.05) is 0 Å². The lowest BCUT2D eigenvalue weighted by Gasteiger charge is -2.10. The molecule has 164 valence electrons. The van der Waals surface area contributed by atoms with Gasteiger partial charge in [0.2, 0.25) is 5.82 Å². The number of nitrogens with zero attached hydrogens (tertiary/aromatic N) is 3. The molecule has 0 N–H and O–H groups in total. The summed E-state index contributed by atoms with van der Waals surface area (Å²) < 4.78 is 46.1. The smallest absolute Gasteiger partial charge is 0.334 e. The molecule has 0 radical (unpaired) electrons. The topological polar surface area (TPSA) is 60.9 Å². The highest BCUT2D eigenvalue weighted by Gasteiger charge is 2.31. The van der Waals surface area contributed by atoms with Gasteiger partial charge < -0.3 is 4.52 Å². The number of hydrogen-bond acceptors (Lipinski definition) is 4. The summed E-state index contributed by atoms with van der Waals surface area (Å²) in [5.41, 5.74) is 0.137. The second-order valence-corrected chi connectivity index (χ2v) is 7.68. The van der Waals surface area contributed by atoms with Gasteiger partial charge in [-0.3, -0.25) is 9.36 Å². The fraction of sp³-hybridized carbons (Fsp3) is 0.0417. The van der Waals surface area contributed by atoms with E-state index in [1.165, 1.54) is 16.7 Å². The van der Waals surface area contributed by atoms with Gasteiger partial charge in [-0.1, -0.05) is 47.1 Å². The second-order valence-electron chi connectivity index (χ2n) is 7.24. The molecule has 5 nitrogen and oxygen atoms in total. The number of pyridine rings is 1. The molecule has 5 rings (SSSR count). The number of alkyl halides is 3. The third-order valence-corrected chi connectivity index (χ3v) is 5.39. The number of fused-ring (bicyclic) bond motifs is 1. The van der Waals surface area contributed by atoms with E-state index in [0.29, 0.717) is 27.0 Å². The Bertz CT molecular complexity index is 1540. The highest BCUT2D eigenvalue weighted by atomic mass is 35.5. The van der Waals surface area contributed by atoms with Crippen LogP contribution < -0.4 is 5.56 Å². The molecule has 0 aliphatic heterocycles. The van der Waals surface area contributed by atoms with Crippen LogP contribution in [0.3, 0.4) is 0 Å². The molecule has 0 spiro atoms. The van der Waals surface area contributed by atoms with Crippen LogP contribution >= 0.6 is 11.6 Å². The summed E-state index contributed by atoms with van der Waals surface area (Å²) >= 11 is 5.97. The van der Waals surface area contributed by atoms with Crippen molar-refractivity contribution in [1.29, 1.82) is 0 Å². The van der Waals surface area contributed by atoms with Crippen LogP contribution in [-0.4, -0.2) is 14.7 Å². The highest BCUT2D eigenvalue weighted by molar-refractivity contribution is 6.30. The number of halogens is 4. The molecule has 0 saturated heterocycles. The minimum absolute atomic E-state index is 0.00410. The first-order valence-corrected chi connectivity index (χ1v) is 10.1. The number of aromatic nitrogens is 3. The maximum absolute atomic E-state index is 13.1. The van der Waals surface area contributed by atoms with Crippen molar-refractivity contribution in [3.05, 3.63) is 99.9 Å². The Balaban J connectivity index is 1.67. The third kappa shape index (κ3) is 3.89. The fourth-order valence-corrected chi connectivity index (χ4v) is 3.67. The summed E-state index contributed by atoms with van der Waals surface area (Å²) in [7, 11) is 0. The predicted octanol–water partition coefficient (Wildman–Crippen LogP) is 6.38. The standard InChI is InChI=1S/C24H13ClF3N3O2/c25-16-8-10-17(11-9-16)31-13-20(18-6-1-2-7-19(18)23(31)32)22-29-21(30-33-22)14-4-3-5-15(12-14)24(26,27)28/h1-13H. The van der Waals surface area contributed by atoms with E-state index in [4.69, 9.17) is 16.1 Å². The zero-order chi connectivity index (χ0) is 23.2. The van der Waals surface area contributed by atoms with Gasteiger partial charge >= 0.3 is 6.18 Å². The molecule has 2 heterocycles. The van der Waals surface area contributed by atoms with E-state index >= 15 is 0 Å². The van der Waals surface area contributed by atoms with Crippen LogP contribution in [0, 0.1) is 0 Å². The lowest BCUT2D eigenvalue weighted by molar-refractivity contribution is -0.137. The van der Waals surface area contributed by atoms with Gasteiger partial charge in [-0.05, 0) is 42.5 Å². The van der Waals surface area contributed by atoms with E-state index < -0.39 is 11.7 Å². The van der Waals surface area contributed by atoms with Crippen molar-refractivity contribution in [3.63, 3.8) is 0 Å². The third-order valence-electron chi connectivity index (χ3n) is 5.13. The molecule has 0 unspecified atom stereocenters. The van der Waals surface area contributed by atoms with E-state index in [1.54, 1.807) is 54.7 Å². The average Bonchev–Trinajstić information content (AvgIpc) is 3.30. The van der Waals surface area contributed by atoms with Crippen LogP contribution in [0.25, 0.3) is 39.3 Å². The highest BCUT2D eigenvalue weighted by Crippen LogP contribution is 2.33. The Labute approximate surface area is 189 Å². The lowest BCUT2D eigenvalue weighted by atomic mass is 10.1. The van der Waals surface area contributed by atoms with Crippen LogP contribution in [0.5, 0.6) is 0 Å². The molecule has 33 heavy (non-hydrogen) atoms. The maximum atomic E-state index is 13.1. The summed E-state index contributed by atoms with van der Waals surface area (Å²) in [5, 5.41) is 5.39. The van der Waals surface area contributed by atoms with Crippen molar-refractivity contribution in [3.8, 4) is 28.5 Å². The predicted molar refractivity (Wildman–Crippen MR) is 118 cm³/mol. The van der Waals surface area contributed by atoms with Gasteiger partial charge in [0, 0.05) is 33.2 Å². The Morgan fingerprint density at radius 1 is 0.909 bits per heavy atom. The van der Waals surface area contributed by atoms with Crippen molar-refractivity contribution in [2.45, 2.75) is 6.18 Å². The monoisotopic (exact) mass is 467 g/mol. The minimum atomic E-state index is -4.49. The number of rotatable bonds is 3. The molecule has 0 aliphatic rings. The molecule has 0 bridgehead atoms. The van der Waals surface area contributed by atoms with E-state index in [1.807, 2.05) is 0 Å². The fourth-order valence-electron chi connectivity index (χ4n) is 3.54. The second kappa shape index (κ2) is 7.90. The Morgan fingerprint density at radius 2 is 1.64 bits per heavy atom.